The summed E-state index contributed by atoms with van der Waals surface area (Å²) in [7, 11) is 0. The normalized spacial score (nSPS) is 24.2. The van der Waals surface area contributed by atoms with E-state index in [0.29, 0.717) is 6.10 Å². The molecular weight excluding hydrogens is 256 g/mol. The second-order valence-electron chi connectivity index (χ2n) is 6.46. The molecule has 1 nitrogen and oxygen atoms in total. The maximum atomic E-state index is 5.51. The molecule has 2 atom stereocenters. The highest BCUT2D eigenvalue weighted by Gasteiger charge is 2.35. The zero-order valence-electron chi connectivity index (χ0n) is 12.0. The molecule has 2 aliphatic rings. The van der Waals surface area contributed by atoms with Crippen LogP contribution >= 0.6 is 0 Å². The Kier molecular flexibility index (Phi) is 2.42. The zero-order chi connectivity index (χ0) is 13.8. The molecule has 1 fully saturated rings. The van der Waals surface area contributed by atoms with Gasteiger partial charge in [-0.1, -0.05) is 48.5 Å². The summed E-state index contributed by atoms with van der Waals surface area (Å²) >= 11 is 0. The van der Waals surface area contributed by atoms with Crippen molar-refractivity contribution in [2.75, 3.05) is 6.61 Å². The largest absolute Gasteiger partial charge is 0.373 e. The maximum Gasteiger partial charge on any atom is 0.0841 e. The van der Waals surface area contributed by atoms with Gasteiger partial charge in [0.25, 0.3) is 0 Å². The molecule has 1 aliphatic carbocycles. The Hall–Kier alpha value is -1.86. The topological polar surface area (TPSA) is 12.5 Å². The predicted molar refractivity (Wildman–Crippen MR) is 86.7 cm³/mol. The minimum Gasteiger partial charge on any atom is -0.373 e. The number of benzene rings is 3. The Morgan fingerprint density at radius 3 is 2.62 bits per heavy atom. The monoisotopic (exact) mass is 274 g/mol. The van der Waals surface area contributed by atoms with Crippen LogP contribution in [0.3, 0.4) is 0 Å². The predicted octanol–water partition coefficient (Wildman–Crippen LogP) is 4.50. The molecule has 0 spiro atoms. The Morgan fingerprint density at radius 1 is 0.857 bits per heavy atom. The Bertz CT molecular complexity index is 845. The van der Waals surface area contributed by atoms with Crippen LogP contribution in [0.25, 0.3) is 21.5 Å². The first-order chi connectivity index (χ1) is 10.4. The van der Waals surface area contributed by atoms with Gasteiger partial charge >= 0.3 is 0 Å². The van der Waals surface area contributed by atoms with Crippen LogP contribution in [0.15, 0.2) is 48.5 Å². The molecule has 0 radical (unpaired) electrons. The standard InChI is InChI=1S/C20H18O/c1-2-4-16-13(3-1)5-9-19-17-8-7-15(20-12-21-20)11-14(17)6-10-18(16)19/h1-6,9-10,15,20H,7-8,11-12H2. The molecule has 2 unspecified atom stereocenters. The maximum absolute atomic E-state index is 5.51. The number of hydrogen-bond donors (Lipinski definition) is 0. The van der Waals surface area contributed by atoms with Gasteiger partial charge < -0.3 is 4.74 Å². The van der Waals surface area contributed by atoms with Crippen LogP contribution in [-0.4, -0.2) is 12.7 Å². The minimum atomic E-state index is 0.547. The summed E-state index contributed by atoms with van der Waals surface area (Å²) in [5, 5.41) is 5.59. The van der Waals surface area contributed by atoms with E-state index in [1.807, 2.05) is 0 Å². The fourth-order valence-electron chi connectivity index (χ4n) is 4.04. The fourth-order valence-corrected chi connectivity index (χ4v) is 4.04. The van der Waals surface area contributed by atoms with Gasteiger partial charge in [0, 0.05) is 0 Å². The third-order valence-electron chi connectivity index (χ3n) is 5.27. The SMILES string of the molecule is c1ccc2c(c1)ccc1c3c(ccc12)CC(C1CO1)CC3. The molecule has 5 rings (SSSR count). The van der Waals surface area contributed by atoms with Crippen LogP contribution in [0, 0.1) is 5.92 Å². The number of ether oxygens (including phenoxy) is 1. The molecule has 21 heavy (non-hydrogen) atoms. The summed E-state index contributed by atoms with van der Waals surface area (Å²) in [6.07, 6.45) is 4.23. The quantitative estimate of drug-likeness (QED) is 0.470. The van der Waals surface area contributed by atoms with Crippen molar-refractivity contribution in [2.24, 2.45) is 5.92 Å². The average molecular weight is 274 g/mol. The summed E-state index contributed by atoms with van der Waals surface area (Å²) in [6.45, 7) is 0.984. The zero-order valence-corrected chi connectivity index (χ0v) is 12.0. The van der Waals surface area contributed by atoms with E-state index in [0.717, 1.165) is 12.5 Å². The summed E-state index contributed by atoms with van der Waals surface area (Å²) < 4.78 is 5.51. The van der Waals surface area contributed by atoms with Gasteiger partial charge in [-0.05, 0) is 57.9 Å². The molecule has 1 aliphatic heterocycles. The molecule has 1 saturated heterocycles. The molecule has 0 aromatic heterocycles. The van der Waals surface area contributed by atoms with Gasteiger partial charge in [0.1, 0.15) is 0 Å². The second-order valence-corrected chi connectivity index (χ2v) is 6.46. The van der Waals surface area contributed by atoms with Crippen LogP contribution in [-0.2, 0) is 17.6 Å². The molecule has 1 heterocycles. The van der Waals surface area contributed by atoms with Crippen LogP contribution in [0.2, 0.25) is 0 Å². The van der Waals surface area contributed by atoms with E-state index in [1.54, 1.807) is 11.1 Å². The molecule has 3 aromatic rings. The fraction of sp³-hybridized carbons (Fsp3) is 0.300. The molecule has 0 N–H and O–H groups in total. The number of rotatable bonds is 1. The molecule has 0 amide bonds. The van der Waals surface area contributed by atoms with E-state index in [2.05, 4.69) is 48.5 Å². The minimum absolute atomic E-state index is 0.547. The van der Waals surface area contributed by atoms with Gasteiger partial charge in [-0.2, -0.15) is 0 Å². The molecule has 0 saturated carbocycles. The lowest BCUT2D eigenvalue weighted by Crippen LogP contribution is -2.19. The molecule has 3 aromatic carbocycles. The highest BCUT2D eigenvalue weighted by atomic mass is 16.6. The molecule has 0 bridgehead atoms. The van der Waals surface area contributed by atoms with Crippen molar-refractivity contribution in [2.45, 2.75) is 25.4 Å². The summed E-state index contributed by atoms with van der Waals surface area (Å²) in [6, 6.07) is 18.0. The summed E-state index contributed by atoms with van der Waals surface area (Å²) in [4.78, 5) is 0. The third-order valence-corrected chi connectivity index (χ3v) is 5.27. The first-order valence-corrected chi connectivity index (χ1v) is 7.94. The smallest absolute Gasteiger partial charge is 0.0841 e. The van der Waals surface area contributed by atoms with Gasteiger partial charge in [-0.15, -0.1) is 0 Å². The van der Waals surface area contributed by atoms with Crippen molar-refractivity contribution >= 4 is 21.5 Å². The van der Waals surface area contributed by atoms with E-state index in [4.69, 9.17) is 4.74 Å². The van der Waals surface area contributed by atoms with Gasteiger partial charge in [-0.3, -0.25) is 0 Å². The highest BCUT2D eigenvalue weighted by molar-refractivity contribution is 6.08. The highest BCUT2D eigenvalue weighted by Crippen LogP contribution is 2.38. The van der Waals surface area contributed by atoms with Crippen LogP contribution in [0.4, 0.5) is 0 Å². The Balaban J connectivity index is 1.72. The lowest BCUT2D eigenvalue weighted by Gasteiger charge is -2.25. The lowest BCUT2D eigenvalue weighted by atomic mass is 9.80. The van der Waals surface area contributed by atoms with E-state index in [-0.39, 0.29) is 0 Å². The van der Waals surface area contributed by atoms with Gasteiger partial charge in [0.15, 0.2) is 0 Å². The summed E-state index contributed by atoms with van der Waals surface area (Å²) in [5.41, 5.74) is 3.12. The van der Waals surface area contributed by atoms with E-state index in [1.165, 1.54) is 40.8 Å². The molecule has 1 heteroatoms. The van der Waals surface area contributed by atoms with E-state index >= 15 is 0 Å². The first kappa shape index (κ1) is 11.8. The average Bonchev–Trinajstić information content (AvgIpc) is 3.38. The molecule has 104 valence electrons. The van der Waals surface area contributed by atoms with E-state index in [9.17, 15) is 0 Å². The van der Waals surface area contributed by atoms with Crippen LogP contribution in [0.5, 0.6) is 0 Å². The number of fused-ring (bicyclic) bond motifs is 5. The number of epoxide rings is 1. The van der Waals surface area contributed by atoms with E-state index < -0.39 is 0 Å². The van der Waals surface area contributed by atoms with Crippen LogP contribution in [0.1, 0.15) is 17.5 Å². The van der Waals surface area contributed by atoms with Crippen molar-refractivity contribution in [1.82, 2.24) is 0 Å². The van der Waals surface area contributed by atoms with Gasteiger partial charge in [0.05, 0.1) is 12.7 Å². The van der Waals surface area contributed by atoms with Crippen molar-refractivity contribution in [3.8, 4) is 0 Å². The number of hydrogen-bond acceptors (Lipinski definition) is 1. The molecular formula is C20H18O. The van der Waals surface area contributed by atoms with Gasteiger partial charge in [0.2, 0.25) is 0 Å². The van der Waals surface area contributed by atoms with Crippen molar-refractivity contribution in [3.63, 3.8) is 0 Å². The third kappa shape index (κ3) is 1.81. The van der Waals surface area contributed by atoms with Crippen molar-refractivity contribution in [3.05, 3.63) is 59.7 Å². The van der Waals surface area contributed by atoms with Crippen molar-refractivity contribution < 1.29 is 4.74 Å². The lowest BCUT2D eigenvalue weighted by molar-refractivity contribution is 0.306. The van der Waals surface area contributed by atoms with Crippen LogP contribution < -0.4 is 0 Å². The second kappa shape index (κ2) is 4.32. The Morgan fingerprint density at radius 2 is 1.71 bits per heavy atom. The first-order valence-electron chi connectivity index (χ1n) is 7.94. The summed E-state index contributed by atoms with van der Waals surface area (Å²) in [5.74, 6) is 0.746. The van der Waals surface area contributed by atoms with Gasteiger partial charge in [-0.25, -0.2) is 0 Å². The Labute approximate surface area is 124 Å². The van der Waals surface area contributed by atoms with Crippen molar-refractivity contribution in [1.29, 1.82) is 0 Å². The number of aryl methyl sites for hydroxylation is 1.